The molecule has 2 heterocycles. The minimum atomic E-state index is -0.852. The van der Waals surface area contributed by atoms with E-state index in [4.69, 9.17) is 4.74 Å². The van der Waals surface area contributed by atoms with E-state index in [1.165, 1.54) is 6.07 Å². The Kier molecular flexibility index (Phi) is 5.89. The molecule has 1 aromatic carbocycles. The summed E-state index contributed by atoms with van der Waals surface area (Å²) in [6.45, 7) is 7.29. The van der Waals surface area contributed by atoms with Gasteiger partial charge in [0, 0.05) is 51.3 Å². The molecule has 0 aliphatic carbocycles. The minimum absolute atomic E-state index is 0.0181. The molecule has 0 bridgehead atoms. The van der Waals surface area contributed by atoms with E-state index in [-0.39, 0.29) is 36.2 Å². The first kappa shape index (κ1) is 19.2. The molecule has 1 amide bonds. The number of benzene rings is 1. The summed E-state index contributed by atoms with van der Waals surface area (Å²) in [5.41, 5.74) is -0.127. The maximum Gasteiger partial charge on any atom is 0.256 e. The van der Waals surface area contributed by atoms with Gasteiger partial charge < -0.3 is 14.7 Å². The molecule has 0 saturated carbocycles. The van der Waals surface area contributed by atoms with Crippen molar-refractivity contribution in [1.29, 1.82) is 0 Å². The van der Waals surface area contributed by atoms with Crippen molar-refractivity contribution >= 4 is 5.91 Å². The summed E-state index contributed by atoms with van der Waals surface area (Å²) in [5, 5.41) is 9.73. The zero-order chi connectivity index (χ0) is 18.8. The van der Waals surface area contributed by atoms with Crippen molar-refractivity contribution in [3.8, 4) is 0 Å². The highest BCUT2D eigenvalue weighted by atomic mass is 19.1. The summed E-state index contributed by atoms with van der Waals surface area (Å²) in [7, 11) is 0. The van der Waals surface area contributed by atoms with Crippen molar-refractivity contribution in [1.82, 2.24) is 9.80 Å². The molecule has 0 radical (unpaired) electrons. The average molecular weight is 368 g/mol. The Morgan fingerprint density at radius 2 is 1.81 bits per heavy atom. The van der Waals surface area contributed by atoms with E-state index < -0.39 is 17.5 Å². The second kappa shape index (κ2) is 7.98. The number of hydrogen-bond acceptors (Lipinski definition) is 4. The van der Waals surface area contributed by atoms with E-state index in [0.29, 0.717) is 13.1 Å². The van der Waals surface area contributed by atoms with Crippen molar-refractivity contribution in [3.63, 3.8) is 0 Å². The van der Waals surface area contributed by atoms with Crippen molar-refractivity contribution < 1.29 is 23.4 Å². The minimum Gasteiger partial charge on any atom is -0.396 e. The fourth-order valence-corrected chi connectivity index (χ4v) is 4.12. The average Bonchev–Trinajstić information content (AvgIpc) is 2.96. The summed E-state index contributed by atoms with van der Waals surface area (Å²) >= 11 is 0. The lowest BCUT2D eigenvalue weighted by Crippen LogP contribution is -2.48. The molecule has 1 N–H and O–H groups in total. The van der Waals surface area contributed by atoms with Gasteiger partial charge in [-0.1, -0.05) is 0 Å². The number of amides is 1. The maximum absolute atomic E-state index is 13.9. The largest absolute Gasteiger partial charge is 0.396 e. The third kappa shape index (κ3) is 4.22. The normalized spacial score (nSPS) is 30.0. The van der Waals surface area contributed by atoms with Gasteiger partial charge >= 0.3 is 0 Å². The van der Waals surface area contributed by atoms with Crippen molar-refractivity contribution in [2.45, 2.75) is 26.1 Å². The topological polar surface area (TPSA) is 53.0 Å². The number of nitrogens with zero attached hydrogens (tertiary/aromatic N) is 2. The van der Waals surface area contributed by atoms with Crippen LogP contribution in [0.1, 0.15) is 24.2 Å². The molecule has 2 aliphatic heterocycles. The Bertz CT molecular complexity index is 648. The van der Waals surface area contributed by atoms with Gasteiger partial charge in [0.1, 0.15) is 11.6 Å². The summed E-state index contributed by atoms with van der Waals surface area (Å²) in [5.74, 6) is -1.94. The molecule has 2 aliphatic rings. The lowest BCUT2D eigenvalue weighted by atomic mass is 9.96. The summed E-state index contributed by atoms with van der Waals surface area (Å²) in [6.07, 6.45) is 0.303. The highest BCUT2D eigenvalue weighted by molar-refractivity contribution is 5.94. The molecule has 144 valence electrons. The van der Waals surface area contributed by atoms with Gasteiger partial charge in [0.2, 0.25) is 0 Å². The lowest BCUT2D eigenvalue weighted by molar-refractivity contribution is -0.0726. The number of aliphatic hydroxyl groups is 1. The number of morpholine rings is 1. The zero-order valence-corrected chi connectivity index (χ0v) is 15.2. The molecular formula is C19H26F2N2O3. The predicted molar refractivity (Wildman–Crippen MR) is 92.8 cm³/mol. The highest BCUT2D eigenvalue weighted by Crippen LogP contribution is 2.27. The molecule has 0 aromatic heterocycles. The van der Waals surface area contributed by atoms with Gasteiger partial charge in [-0.25, -0.2) is 8.78 Å². The van der Waals surface area contributed by atoms with E-state index in [9.17, 15) is 18.7 Å². The fourth-order valence-electron chi connectivity index (χ4n) is 4.12. The third-order valence-corrected chi connectivity index (χ3v) is 5.25. The first-order chi connectivity index (χ1) is 12.4. The van der Waals surface area contributed by atoms with E-state index in [2.05, 4.69) is 4.90 Å². The monoisotopic (exact) mass is 368 g/mol. The molecule has 0 spiro atoms. The number of aliphatic hydroxyl groups excluding tert-OH is 1. The summed E-state index contributed by atoms with van der Waals surface area (Å²) in [6, 6.07) is 2.99. The predicted octanol–water partition coefficient (Wildman–Crippen LogP) is 1.75. The molecule has 5 nitrogen and oxygen atoms in total. The van der Waals surface area contributed by atoms with E-state index >= 15 is 0 Å². The van der Waals surface area contributed by atoms with Crippen molar-refractivity contribution in [2.75, 3.05) is 39.3 Å². The van der Waals surface area contributed by atoms with Gasteiger partial charge in [0.25, 0.3) is 5.91 Å². The van der Waals surface area contributed by atoms with Crippen LogP contribution in [0.3, 0.4) is 0 Å². The van der Waals surface area contributed by atoms with Gasteiger partial charge in [-0.05, 0) is 31.9 Å². The highest BCUT2D eigenvalue weighted by Gasteiger charge is 2.37. The van der Waals surface area contributed by atoms with Crippen molar-refractivity contribution in [3.05, 3.63) is 35.4 Å². The van der Waals surface area contributed by atoms with Gasteiger partial charge in [-0.3, -0.25) is 9.69 Å². The number of carbonyl (C=O) groups is 1. The van der Waals surface area contributed by atoms with Crippen LogP contribution in [0.5, 0.6) is 0 Å². The van der Waals surface area contributed by atoms with Gasteiger partial charge in [0.05, 0.1) is 17.8 Å². The molecule has 26 heavy (non-hydrogen) atoms. The van der Waals surface area contributed by atoms with Gasteiger partial charge in [-0.2, -0.15) is 0 Å². The van der Waals surface area contributed by atoms with Crippen LogP contribution in [0.4, 0.5) is 8.78 Å². The summed E-state index contributed by atoms with van der Waals surface area (Å²) < 4.78 is 32.8. The van der Waals surface area contributed by atoms with Crippen LogP contribution in [0, 0.1) is 23.5 Å². The fraction of sp³-hybridized carbons (Fsp3) is 0.632. The van der Waals surface area contributed by atoms with Gasteiger partial charge in [-0.15, -0.1) is 0 Å². The maximum atomic E-state index is 13.9. The van der Waals surface area contributed by atoms with Crippen LogP contribution in [-0.2, 0) is 4.74 Å². The van der Waals surface area contributed by atoms with Gasteiger partial charge in [0.15, 0.2) is 0 Å². The SMILES string of the molecule is C[C@@H]1CN(C[C@@H]2CN(C(=O)c3ccc(F)cc3F)C[C@@H]2CO)C[C@H](C)O1. The zero-order valence-electron chi connectivity index (χ0n) is 15.2. The molecule has 0 unspecified atom stereocenters. The number of rotatable bonds is 4. The molecule has 2 fully saturated rings. The van der Waals surface area contributed by atoms with Crippen molar-refractivity contribution in [2.24, 2.45) is 11.8 Å². The van der Waals surface area contributed by atoms with Crippen LogP contribution < -0.4 is 0 Å². The van der Waals surface area contributed by atoms with Crippen LogP contribution in [0.2, 0.25) is 0 Å². The molecular weight excluding hydrogens is 342 g/mol. The standard InChI is InChI=1S/C19H26F2N2O3/c1-12-6-22(7-13(2)26-12)8-14-9-23(10-15(14)11-24)19(25)17-4-3-16(20)5-18(17)21/h3-5,12-15,24H,6-11H2,1-2H3/t12-,13+,14-,15-/m1/s1. The Morgan fingerprint density at radius 3 is 2.42 bits per heavy atom. The summed E-state index contributed by atoms with van der Waals surface area (Å²) in [4.78, 5) is 16.5. The number of carbonyl (C=O) groups excluding carboxylic acids is 1. The third-order valence-electron chi connectivity index (χ3n) is 5.25. The molecule has 2 saturated heterocycles. The quantitative estimate of drug-likeness (QED) is 0.880. The van der Waals surface area contributed by atoms with Crippen LogP contribution in [-0.4, -0.2) is 72.4 Å². The first-order valence-corrected chi connectivity index (χ1v) is 9.10. The Labute approximate surface area is 152 Å². The Hall–Kier alpha value is -1.57. The Balaban J connectivity index is 1.67. The Morgan fingerprint density at radius 1 is 1.15 bits per heavy atom. The van der Waals surface area contributed by atoms with Crippen LogP contribution in [0.15, 0.2) is 18.2 Å². The smallest absolute Gasteiger partial charge is 0.256 e. The number of ether oxygens (including phenoxy) is 1. The molecule has 4 atom stereocenters. The number of hydrogen-bond donors (Lipinski definition) is 1. The number of likely N-dealkylation sites (tertiary alicyclic amines) is 1. The second-order valence-electron chi connectivity index (χ2n) is 7.51. The van der Waals surface area contributed by atoms with Crippen LogP contribution in [0.25, 0.3) is 0 Å². The van der Waals surface area contributed by atoms with E-state index in [1.807, 2.05) is 13.8 Å². The van der Waals surface area contributed by atoms with Crippen LogP contribution >= 0.6 is 0 Å². The van der Waals surface area contributed by atoms with E-state index in [1.54, 1.807) is 4.90 Å². The molecule has 1 aromatic rings. The first-order valence-electron chi connectivity index (χ1n) is 9.10. The molecule has 7 heteroatoms. The number of halogens is 2. The lowest BCUT2D eigenvalue weighted by Gasteiger charge is -2.37. The second-order valence-corrected chi connectivity index (χ2v) is 7.51. The van der Waals surface area contributed by atoms with E-state index in [0.717, 1.165) is 31.8 Å². The molecule has 3 rings (SSSR count).